The molecule has 0 unspecified atom stereocenters. The normalized spacial score (nSPS) is 16.5. The van der Waals surface area contributed by atoms with E-state index in [4.69, 9.17) is 9.88 Å². The van der Waals surface area contributed by atoms with Crippen molar-refractivity contribution in [3.63, 3.8) is 0 Å². The zero-order valence-electron chi connectivity index (χ0n) is 15.6. The number of ether oxygens (including phenoxy) is 1. The first kappa shape index (κ1) is 20.2. The number of benzene rings is 2. The summed E-state index contributed by atoms with van der Waals surface area (Å²) in [5.74, 6) is 0. The van der Waals surface area contributed by atoms with Crippen molar-refractivity contribution in [3.05, 3.63) is 63.7 Å². The fourth-order valence-corrected chi connectivity index (χ4v) is 4.47. The number of aryl methyl sites for hydroxylation is 1. The summed E-state index contributed by atoms with van der Waals surface area (Å²) in [5.41, 5.74) is 2.04. The fourth-order valence-electron chi connectivity index (χ4n) is 3.74. The molecule has 0 bridgehead atoms. The quantitative estimate of drug-likeness (QED) is 0.562. The molecule has 0 atom stereocenters. The van der Waals surface area contributed by atoms with E-state index >= 15 is 0 Å². The van der Waals surface area contributed by atoms with Gasteiger partial charge in [-0.05, 0) is 37.0 Å². The van der Waals surface area contributed by atoms with Crippen molar-refractivity contribution in [3.8, 4) is 0 Å². The highest BCUT2D eigenvalue weighted by molar-refractivity contribution is 7.89. The van der Waals surface area contributed by atoms with Gasteiger partial charge in [-0.1, -0.05) is 24.3 Å². The smallest absolute Gasteiger partial charge is 0.270 e. The van der Waals surface area contributed by atoms with E-state index in [1.165, 1.54) is 17.7 Å². The van der Waals surface area contributed by atoms with Gasteiger partial charge in [0.2, 0.25) is 10.0 Å². The van der Waals surface area contributed by atoms with Crippen LogP contribution in [-0.4, -0.2) is 33.1 Å². The Morgan fingerprint density at radius 3 is 2.50 bits per heavy atom. The van der Waals surface area contributed by atoms with Gasteiger partial charge in [0.15, 0.2) is 0 Å². The van der Waals surface area contributed by atoms with Crippen molar-refractivity contribution >= 4 is 21.4 Å². The Bertz CT molecular complexity index is 985. The van der Waals surface area contributed by atoms with Crippen LogP contribution in [0.4, 0.5) is 11.4 Å². The van der Waals surface area contributed by atoms with Gasteiger partial charge < -0.3 is 10.1 Å². The van der Waals surface area contributed by atoms with Crippen LogP contribution in [0.1, 0.15) is 24.0 Å². The third-order valence-electron chi connectivity index (χ3n) is 5.27. The SMILES string of the molecule is Cc1ccccc1C1(CNc2ccc([N+](=O)[O-])cc2S(N)(=O)=O)CCOCC1. The van der Waals surface area contributed by atoms with Crippen LogP contribution >= 0.6 is 0 Å². The van der Waals surface area contributed by atoms with Gasteiger partial charge in [-0.25, -0.2) is 13.6 Å². The molecule has 1 aliphatic rings. The van der Waals surface area contributed by atoms with Crippen LogP contribution in [0.3, 0.4) is 0 Å². The molecule has 150 valence electrons. The highest BCUT2D eigenvalue weighted by atomic mass is 32.2. The van der Waals surface area contributed by atoms with Gasteiger partial charge in [-0.15, -0.1) is 0 Å². The summed E-state index contributed by atoms with van der Waals surface area (Å²) < 4.78 is 29.5. The van der Waals surface area contributed by atoms with Crippen molar-refractivity contribution in [2.24, 2.45) is 5.14 Å². The number of non-ortho nitro benzene ring substituents is 1. The van der Waals surface area contributed by atoms with Crippen molar-refractivity contribution in [2.75, 3.05) is 25.1 Å². The molecule has 28 heavy (non-hydrogen) atoms. The largest absolute Gasteiger partial charge is 0.383 e. The zero-order chi connectivity index (χ0) is 20.4. The second-order valence-corrected chi connectivity index (χ2v) is 8.57. The third kappa shape index (κ3) is 4.16. The number of nitrogens with one attached hydrogen (secondary N) is 1. The molecule has 3 N–H and O–H groups in total. The van der Waals surface area contributed by atoms with E-state index < -0.39 is 14.9 Å². The maximum absolute atomic E-state index is 12.0. The Morgan fingerprint density at radius 1 is 1.21 bits per heavy atom. The van der Waals surface area contributed by atoms with Gasteiger partial charge in [0.05, 0.1) is 10.6 Å². The number of rotatable bonds is 6. The monoisotopic (exact) mass is 405 g/mol. The molecule has 0 aliphatic carbocycles. The number of nitro benzene ring substituents is 1. The average molecular weight is 405 g/mol. The molecule has 3 rings (SSSR count). The molecule has 0 saturated carbocycles. The van der Waals surface area contributed by atoms with Gasteiger partial charge in [0.25, 0.3) is 5.69 Å². The molecule has 1 aliphatic heterocycles. The molecule has 2 aromatic carbocycles. The summed E-state index contributed by atoms with van der Waals surface area (Å²) in [6.07, 6.45) is 1.56. The minimum absolute atomic E-state index is 0.235. The molecule has 0 amide bonds. The van der Waals surface area contributed by atoms with Crippen molar-refractivity contribution in [1.82, 2.24) is 0 Å². The van der Waals surface area contributed by atoms with Crippen LogP contribution in [0.2, 0.25) is 0 Å². The Labute approximate surface area is 163 Å². The lowest BCUT2D eigenvalue weighted by Crippen LogP contribution is -2.40. The maximum Gasteiger partial charge on any atom is 0.270 e. The van der Waals surface area contributed by atoms with E-state index in [1.54, 1.807) is 0 Å². The topological polar surface area (TPSA) is 125 Å². The van der Waals surface area contributed by atoms with Gasteiger partial charge in [0.1, 0.15) is 4.90 Å². The van der Waals surface area contributed by atoms with Crippen LogP contribution in [0.15, 0.2) is 47.4 Å². The number of hydrogen-bond acceptors (Lipinski definition) is 6. The van der Waals surface area contributed by atoms with Crippen molar-refractivity contribution in [1.29, 1.82) is 0 Å². The molecule has 9 heteroatoms. The lowest BCUT2D eigenvalue weighted by molar-refractivity contribution is -0.385. The lowest BCUT2D eigenvalue weighted by Gasteiger charge is -2.39. The number of nitrogens with zero attached hydrogens (tertiary/aromatic N) is 1. The van der Waals surface area contributed by atoms with Crippen molar-refractivity contribution < 1.29 is 18.1 Å². The van der Waals surface area contributed by atoms with Crippen molar-refractivity contribution in [2.45, 2.75) is 30.1 Å². The van der Waals surface area contributed by atoms with E-state index in [9.17, 15) is 18.5 Å². The summed E-state index contributed by atoms with van der Waals surface area (Å²) in [6, 6.07) is 11.7. The van der Waals surface area contributed by atoms with Gasteiger partial charge in [0, 0.05) is 37.3 Å². The Morgan fingerprint density at radius 2 is 1.89 bits per heavy atom. The van der Waals surface area contributed by atoms with E-state index in [-0.39, 0.29) is 21.7 Å². The van der Waals surface area contributed by atoms with E-state index in [1.807, 2.05) is 25.1 Å². The first-order valence-corrected chi connectivity index (χ1v) is 10.5. The zero-order valence-corrected chi connectivity index (χ0v) is 16.4. The summed E-state index contributed by atoms with van der Waals surface area (Å²) >= 11 is 0. The number of hydrogen-bond donors (Lipinski definition) is 2. The summed E-state index contributed by atoms with van der Waals surface area (Å²) in [4.78, 5) is 10.1. The number of nitro groups is 1. The minimum Gasteiger partial charge on any atom is -0.383 e. The highest BCUT2D eigenvalue weighted by Gasteiger charge is 2.35. The van der Waals surface area contributed by atoms with Crippen LogP contribution < -0.4 is 10.5 Å². The van der Waals surface area contributed by atoms with Crippen LogP contribution in [0.5, 0.6) is 0 Å². The van der Waals surface area contributed by atoms with Crippen LogP contribution in [0.25, 0.3) is 0 Å². The molecule has 1 fully saturated rings. The Hall–Kier alpha value is -2.49. The van der Waals surface area contributed by atoms with E-state index in [0.717, 1.165) is 24.5 Å². The molecule has 2 aromatic rings. The maximum atomic E-state index is 12.0. The number of primary sulfonamides is 1. The first-order valence-electron chi connectivity index (χ1n) is 8.92. The second-order valence-electron chi connectivity index (χ2n) is 7.04. The number of nitrogens with two attached hydrogens (primary N) is 1. The van der Waals surface area contributed by atoms with Crippen LogP contribution in [0, 0.1) is 17.0 Å². The number of sulfonamides is 1. The standard InChI is InChI=1S/C19H23N3O5S/c1-14-4-2-3-5-16(14)19(8-10-27-11-9-19)13-21-17-7-6-15(22(23)24)12-18(17)28(20,25)26/h2-7,12,21H,8-11,13H2,1H3,(H2,20,25,26). The molecular weight excluding hydrogens is 382 g/mol. The fraction of sp³-hybridized carbons (Fsp3) is 0.368. The van der Waals surface area contributed by atoms with Crippen LogP contribution in [-0.2, 0) is 20.2 Å². The third-order valence-corrected chi connectivity index (χ3v) is 6.22. The average Bonchev–Trinajstić information content (AvgIpc) is 2.66. The lowest BCUT2D eigenvalue weighted by atomic mass is 9.72. The van der Waals surface area contributed by atoms with Gasteiger partial charge >= 0.3 is 0 Å². The predicted octanol–water partition coefficient (Wildman–Crippen LogP) is 2.71. The summed E-state index contributed by atoms with van der Waals surface area (Å²) in [7, 11) is -4.13. The molecule has 8 nitrogen and oxygen atoms in total. The molecule has 1 heterocycles. The molecule has 0 spiro atoms. The minimum atomic E-state index is -4.13. The molecule has 0 radical (unpaired) electrons. The van der Waals surface area contributed by atoms with Gasteiger partial charge in [-0.2, -0.15) is 0 Å². The molecule has 1 saturated heterocycles. The Balaban J connectivity index is 1.97. The first-order chi connectivity index (χ1) is 13.2. The molecular formula is C19H23N3O5S. The van der Waals surface area contributed by atoms with Gasteiger partial charge in [-0.3, -0.25) is 10.1 Å². The van der Waals surface area contributed by atoms with E-state index in [0.29, 0.717) is 19.8 Å². The molecule has 0 aromatic heterocycles. The number of anilines is 1. The summed E-state index contributed by atoms with van der Waals surface area (Å²) in [5, 5.41) is 19.5. The highest BCUT2D eigenvalue weighted by Crippen LogP contribution is 2.37. The summed E-state index contributed by atoms with van der Waals surface area (Å²) in [6.45, 7) is 3.73. The predicted molar refractivity (Wildman–Crippen MR) is 106 cm³/mol. The second kappa shape index (κ2) is 7.86. The Kier molecular flexibility index (Phi) is 5.69. The van der Waals surface area contributed by atoms with E-state index in [2.05, 4.69) is 11.4 Å².